The Labute approximate surface area is 154 Å². The Hall–Kier alpha value is -3.30. The van der Waals surface area contributed by atoms with Crippen molar-refractivity contribution in [2.75, 3.05) is 0 Å². The van der Waals surface area contributed by atoms with E-state index in [9.17, 15) is 25.0 Å². The molecule has 0 radical (unpaired) electrons. The maximum atomic E-state index is 13.0. The van der Waals surface area contributed by atoms with Crippen LogP contribution in [0, 0.1) is 20.2 Å². The Morgan fingerprint density at radius 3 is 2.70 bits per heavy atom. The number of imidazole rings is 1. The topological polar surface area (TPSA) is 130 Å². The Morgan fingerprint density at radius 2 is 2.11 bits per heavy atom. The zero-order valence-corrected chi connectivity index (χ0v) is 14.6. The van der Waals surface area contributed by atoms with Crippen LogP contribution in [0.1, 0.15) is 38.2 Å². The van der Waals surface area contributed by atoms with Gasteiger partial charge in [0.15, 0.2) is 5.54 Å². The van der Waals surface area contributed by atoms with Gasteiger partial charge in [-0.3, -0.25) is 20.2 Å². The third-order valence-electron chi connectivity index (χ3n) is 4.80. The molecular formula is C17H18N4O6. The Morgan fingerprint density at radius 1 is 1.33 bits per heavy atom. The highest BCUT2D eigenvalue weighted by Crippen LogP contribution is 2.46. The lowest BCUT2D eigenvalue weighted by molar-refractivity contribution is -0.423. The van der Waals surface area contributed by atoms with Gasteiger partial charge in [-0.05, 0) is 12.5 Å². The van der Waals surface area contributed by atoms with E-state index in [4.69, 9.17) is 4.74 Å². The van der Waals surface area contributed by atoms with Crippen molar-refractivity contribution in [1.82, 2.24) is 9.55 Å². The van der Waals surface area contributed by atoms with Crippen molar-refractivity contribution in [3.63, 3.8) is 0 Å². The van der Waals surface area contributed by atoms with Gasteiger partial charge in [-0.25, -0.2) is 9.78 Å². The molecule has 10 nitrogen and oxygen atoms in total. The summed E-state index contributed by atoms with van der Waals surface area (Å²) in [6.45, 7) is 2.01. The average molecular weight is 374 g/mol. The molecule has 27 heavy (non-hydrogen) atoms. The zero-order chi connectivity index (χ0) is 19.6. The van der Waals surface area contributed by atoms with E-state index in [2.05, 4.69) is 4.98 Å². The molecule has 0 spiro atoms. The van der Waals surface area contributed by atoms with Crippen LogP contribution in [0.2, 0.25) is 0 Å². The molecule has 0 amide bonds. The molecule has 1 aliphatic heterocycles. The van der Waals surface area contributed by atoms with Crippen LogP contribution in [0.25, 0.3) is 0 Å². The van der Waals surface area contributed by atoms with Crippen molar-refractivity contribution >= 4 is 17.3 Å². The number of aromatic nitrogens is 2. The maximum absolute atomic E-state index is 13.0. The summed E-state index contributed by atoms with van der Waals surface area (Å²) in [4.78, 5) is 38.3. The standard InChI is InChI=1S/C17H18N4O6/c1-2-3-5-12-10-17(16(22)27-12,19-9-8-18-11-19)13-6-4-7-14(20(23)24)15(13)21(25)26/h4,6-9,11-12H,2-3,5,10H2,1H3. The van der Waals surface area contributed by atoms with E-state index in [1.54, 1.807) is 0 Å². The molecule has 1 aromatic heterocycles. The number of nitrogens with zero attached hydrogens (tertiary/aromatic N) is 4. The van der Waals surface area contributed by atoms with Crippen molar-refractivity contribution in [3.05, 3.63) is 62.7 Å². The fourth-order valence-electron chi connectivity index (χ4n) is 3.56. The van der Waals surface area contributed by atoms with E-state index in [1.807, 2.05) is 6.92 Å². The van der Waals surface area contributed by atoms with Crippen LogP contribution in [-0.4, -0.2) is 31.5 Å². The van der Waals surface area contributed by atoms with Gasteiger partial charge in [0.1, 0.15) is 6.10 Å². The lowest BCUT2D eigenvalue weighted by atomic mass is 9.84. The van der Waals surface area contributed by atoms with E-state index >= 15 is 0 Å². The number of nitro benzene ring substituents is 2. The van der Waals surface area contributed by atoms with Gasteiger partial charge in [0.2, 0.25) is 0 Å². The first-order chi connectivity index (χ1) is 12.9. The van der Waals surface area contributed by atoms with Gasteiger partial charge in [-0.15, -0.1) is 0 Å². The van der Waals surface area contributed by atoms with Crippen LogP contribution < -0.4 is 0 Å². The van der Waals surface area contributed by atoms with Crippen LogP contribution in [-0.2, 0) is 15.1 Å². The van der Waals surface area contributed by atoms with Crippen molar-refractivity contribution in [1.29, 1.82) is 0 Å². The van der Waals surface area contributed by atoms with E-state index in [0.717, 1.165) is 18.9 Å². The van der Waals surface area contributed by atoms with Gasteiger partial charge >= 0.3 is 17.3 Å². The first-order valence-corrected chi connectivity index (χ1v) is 8.53. The van der Waals surface area contributed by atoms with E-state index in [-0.39, 0.29) is 12.0 Å². The van der Waals surface area contributed by atoms with Crippen LogP contribution in [0.4, 0.5) is 11.4 Å². The number of esters is 1. The molecule has 2 unspecified atom stereocenters. The van der Waals surface area contributed by atoms with E-state index < -0.39 is 38.8 Å². The molecule has 2 atom stereocenters. The number of para-hydroxylation sites is 1. The molecule has 0 aliphatic carbocycles. The SMILES string of the molecule is CCCCC1CC(c2cccc([N+](=O)[O-])c2[N+](=O)[O-])(n2ccnc2)C(=O)O1. The van der Waals surface area contributed by atoms with Crippen molar-refractivity contribution in [2.24, 2.45) is 0 Å². The quantitative estimate of drug-likeness (QED) is 0.413. The first-order valence-electron chi connectivity index (χ1n) is 8.53. The highest BCUT2D eigenvalue weighted by molar-refractivity contribution is 5.87. The van der Waals surface area contributed by atoms with Gasteiger partial charge in [0.05, 0.1) is 21.7 Å². The van der Waals surface area contributed by atoms with Gasteiger partial charge in [0, 0.05) is 24.9 Å². The van der Waals surface area contributed by atoms with Crippen LogP contribution >= 0.6 is 0 Å². The molecule has 0 N–H and O–H groups in total. The number of carbonyl (C=O) groups excluding carboxylic acids is 1. The molecule has 3 rings (SSSR count). The number of unbranched alkanes of at least 4 members (excludes halogenated alkanes) is 1. The summed E-state index contributed by atoms with van der Waals surface area (Å²) < 4.78 is 6.95. The van der Waals surface area contributed by atoms with Crippen LogP contribution in [0.5, 0.6) is 0 Å². The first kappa shape index (κ1) is 18.5. The van der Waals surface area contributed by atoms with Crippen molar-refractivity contribution < 1.29 is 19.4 Å². The molecule has 2 heterocycles. The predicted molar refractivity (Wildman–Crippen MR) is 93.1 cm³/mol. The molecular weight excluding hydrogens is 356 g/mol. The molecule has 0 saturated carbocycles. The minimum absolute atomic E-state index is 0.0660. The lowest BCUT2D eigenvalue weighted by Gasteiger charge is -2.26. The van der Waals surface area contributed by atoms with Crippen molar-refractivity contribution in [3.8, 4) is 0 Å². The van der Waals surface area contributed by atoms with Crippen molar-refractivity contribution in [2.45, 2.75) is 44.2 Å². The summed E-state index contributed by atoms with van der Waals surface area (Å²) in [5.41, 5.74) is -3.00. The molecule has 1 aromatic carbocycles. The minimum Gasteiger partial charge on any atom is -0.460 e. The molecule has 2 aromatic rings. The summed E-state index contributed by atoms with van der Waals surface area (Å²) in [7, 11) is 0. The number of nitro groups is 2. The molecule has 1 fully saturated rings. The number of hydrogen-bond acceptors (Lipinski definition) is 7. The van der Waals surface area contributed by atoms with Gasteiger partial charge < -0.3 is 9.30 Å². The molecule has 1 saturated heterocycles. The highest BCUT2D eigenvalue weighted by atomic mass is 16.6. The summed E-state index contributed by atoms with van der Waals surface area (Å²) in [5, 5.41) is 23.0. The normalized spacial score (nSPS) is 21.8. The summed E-state index contributed by atoms with van der Waals surface area (Å²) in [6.07, 6.45) is 6.37. The monoisotopic (exact) mass is 374 g/mol. The average Bonchev–Trinajstić information content (AvgIpc) is 3.27. The number of cyclic esters (lactones) is 1. The van der Waals surface area contributed by atoms with E-state index in [1.165, 1.54) is 35.4 Å². The smallest absolute Gasteiger partial charge is 0.352 e. The lowest BCUT2D eigenvalue weighted by Crippen LogP contribution is -2.39. The molecule has 0 bridgehead atoms. The number of rotatable bonds is 7. The maximum Gasteiger partial charge on any atom is 0.352 e. The largest absolute Gasteiger partial charge is 0.460 e. The zero-order valence-electron chi connectivity index (χ0n) is 14.6. The van der Waals surface area contributed by atoms with Gasteiger partial charge in [-0.1, -0.05) is 25.8 Å². The number of benzene rings is 1. The Bertz CT molecular complexity index is 882. The predicted octanol–water partition coefficient (Wildman–Crippen LogP) is 2.95. The molecule has 142 valence electrons. The second-order valence-corrected chi connectivity index (χ2v) is 6.39. The fraction of sp³-hybridized carbons (Fsp3) is 0.412. The summed E-state index contributed by atoms with van der Waals surface area (Å²) in [5.74, 6) is -0.676. The second-order valence-electron chi connectivity index (χ2n) is 6.39. The fourth-order valence-corrected chi connectivity index (χ4v) is 3.56. The number of hydrogen-bond donors (Lipinski definition) is 0. The number of carbonyl (C=O) groups is 1. The Balaban J connectivity index is 2.23. The third kappa shape index (κ3) is 3.03. The Kier molecular flexibility index (Phi) is 4.89. The minimum atomic E-state index is -1.57. The van der Waals surface area contributed by atoms with Gasteiger partial charge in [0.25, 0.3) is 0 Å². The van der Waals surface area contributed by atoms with Crippen LogP contribution in [0.3, 0.4) is 0 Å². The third-order valence-corrected chi connectivity index (χ3v) is 4.80. The summed E-state index contributed by atoms with van der Waals surface area (Å²) >= 11 is 0. The van der Waals surface area contributed by atoms with Gasteiger partial charge in [-0.2, -0.15) is 0 Å². The highest BCUT2D eigenvalue weighted by Gasteiger charge is 2.55. The van der Waals surface area contributed by atoms with Crippen LogP contribution in [0.15, 0.2) is 36.9 Å². The molecule has 10 heteroatoms. The molecule has 1 aliphatic rings. The second kappa shape index (κ2) is 7.14. The number of ether oxygens (including phenoxy) is 1. The summed E-state index contributed by atoms with van der Waals surface area (Å²) in [6, 6.07) is 3.76. The van der Waals surface area contributed by atoms with E-state index in [0.29, 0.717) is 6.42 Å².